The van der Waals surface area contributed by atoms with Crippen LogP contribution in [0.1, 0.15) is 28.7 Å². The molecule has 1 N–H and O–H groups in total. The lowest BCUT2D eigenvalue weighted by Gasteiger charge is -2.10. The largest absolute Gasteiger partial charge is 0.464 e. The second-order valence-electron chi connectivity index (χ2n) is 6.95. The number of pyridine rings is 1. The number of aromatic nitrogens is 1. The molecule has 6 nitrogen and oxygen atoms in total. The van der Waals surface area contributed by atoms with Crippen molar-refractivity contribution in [1.29, 1.82) is 0 Å². The van der Waals surface area contributed by atoms with Gasteiger partial charge in [0, 0.05) is 46.4 Å². The molecule has 142 valence electrons. The number of benzene rings is 1. The van der Waals surface area contributed by atoms with E-state index in [1.165, 1.54) is 0 Å². The summed E-state index contributed by atoms with van der Waals surface area (Å²) in [6.45, 7) is 5.77. The molecule has 6 heteroatoms. The standard InChI is InChI=1S/C22H20N2O4/c1-12-11-27-20-14(3)21-18(10-17(12)20)13(2)16(22(26)28-21)4-5-19(25)24-15-6-8-23-9-7-15/h6-11H,4-5H2,1-3H3,(H,23,24,25). The van der Waals surface area contributed by atoms with Gasteiger partial charge < -0.3 is 14.2 Å². The first kappa shape index (κ1) is 18.0. The number of rotatable bonds is 4. The lowest BCUT2D eigenvalue weighted by Crippen LogP contribution is -2.16. The Bertz CT molecular complexity index is 1250. The number of fused-ring (bicyclic) bond motifs is 2. The number of carbonyl (C=O) groups is 1. The molecule has 0 fully saturated rings. The smallest absolute Gasteiger partial charge is 0.339 e. The van der Waals surface area contributed by atoms with Crippen LogP contribution < -0.4 is 10.9 Å². The summed E-state index contributed by atoms with van der Waals surface area (Å²) in [6.07, 6.45) is 5.42. The molecule has 28 heavy (non-hydrogen) atoms. The van der Waals surface area contributed by atoms with Crippen molar-refractivity contribution in [2.45, 2.75) is 33.6 Å². The number of nitrogens with one attached hydrogen (secondary N) is 1. The Morgan fingerprint density at radius 2 is 1.82 bits per heavy atom. The number of carbonyl (C=O) groups excluding carboxylic acids is 1. The van der Waals surface area contributed by atoms with Crippen molar-refractivity contribution >= 4 is 33.5 Å². The minimum atomic E-state index is -0.410. The molecule has 4 aromatic rings. The highest BCUT2D eigenvalue weighted by Crippen LogP contribution is 2.32. The molecule has 3 aromatic heterocycles. The lowest BCUT2D eigenvalue weighted by molar-refractivity contribution is -0.116. The highest BCUT2D eigenvalue weighted by Gasteiger charge is 2.18. The Labute approximate surface area is 161 Å². The Morgan fingerprint density at radius 3 is 2.57 bits per heavy atom. The molecule has 0 saturated heterocycles. The summed E-state index contributed by atoms with van der Waals surface area (Å²) >= 11 is 0. The first-order valence-electron chi connectivity index (χ1n) is 9.09. The Balaban J connectivity index is 1.67. The van der Waals surface area contributed by atoms with E-state index in [-0.39, 0.29) is 12.3 Å². The summed E-state index contributed by atoms with van der Waals surface area (Å²) in [6, 6.07) is 5.43. The van der Waals surface area contributed by atoms with Crippen molar-refractivity contribution in [2.24, 2.45) is 0 Å². The van der Waals surface area contributed by atoms with Crippen LogP contribution in [0.4, 0.5) is 5.69 Å². The third-order valence-electron chi connectivity index (χ3n) is 5.10. The van der Waals surface area contributed by atoms with Crippen LogP contribution in [-0.2, 0) is 11.2 Å². The van der Waals surface area contributed by atoms with Gasteiger partial charge in [-0.15, -0.1) is 0 Å². The first-order valence-corrected chi connectivity index (χ1v) is 9.09. The van der Waals surface area contributed by atoms with Gasteiger partial charge in [0.15, 0.2) is 0 Å². The molecular weight excluding hydrogens is 356 g/mol. The zero-order valence-electron chi connectivity index (χ0n) is 16.0. The van der Waals surface area contributed by atoms with Gasteiger partial charge >= 0.3 is 5.63 Å². The number of amides is 1. The molecule has 0 bridgehead atoms. The van der Waals surface area contributed by atoms with Crippen molar-refractivity contribution in [3.63, 3.8) is 0 Å². The van der Waals surface area contributed by atoms with Gasteiger partial charge in [0.1, 0.15) is 11.2 Å². The highest BCUT2D eigenvalue weighted by atomic mass is 16.4. The van der Waals surface area contributed by atoms with Crippen molar-refractivity contribution in [1.82, 2.24) is 4.98 Å². The molecule has 0 spiro atoms. The van der Waals surface area contributed by atoms with Crippen LogP contribution in [0.25, 0.3) is 21.9 Å². The Kier molecular flexibility index (Phi) is 4.47. The molecule has 0 aliphatic heterocycles. The fourth-order valence-corrected chi connectivity index (χ4v) is 3.50. The van der Waals surface area contributed by atoms with E-state index < -0.39 is 5.63 Å². The maximum Gasteiger partial charge on any atom is 0.339 e. The summed E-state index contributed by atoms with van der Waals surface area (Å²) < 4.78 is 11.2. The van der Waals surface area contributed by atoms with E-state index >= 15 is 0 Å². The normalized spacial score (nSPS) is 11.2. The third-order valence-corrected chi connectivity index (χ3v) is 5.10. The topological polar surface area (TPSA) is 85.3 Å². The summed E-state index contributed by atoms with van der Waals surface area (Å²) in [5.74, 6) is -0.164. The van der Waals surface area contributed by atoms with E-state index in [4.69, 9.17) is 8.83 Å². The SMILES string of the molecule is Cc1coc2c(C)c3oc(=O)c(CCC(=O)Nc4ccncc4)c(C)c3cc12. The predicted molar refractivity (Wildman–Crippen MR) is 108 cm³/mol. The van der Waals surface area contributed by atoms with Crippen molar-refractivity contribution in [3.8, 4) is 0 Å². The second kappa shape index (κ2) is 6.96. The predicted octanol–water partition coefficient (Wildman–Crippen LogP) is 4.43. The third kappa shape index (κ3) is 3.07. The number of aryl methyl sites for hydroxylation is 3. The van der Waals surface area contributed by atoms with Crippen LogP contribution in [0.5, 0.6) is 0 Å². The number of nitrogens with zero attached hydrogens (tertiary/aromatic N) is 1. The van der Waals surface area contributed by atoms with Crippen LogP contribution in [0.2, 0.25) is 0 Å². The van der Waals surface area contributed by atoms with Gasteiger partial charge in [0.05, 0.1) is 6.26 Å². The van der Waals surface area contributed by atoms with Gasteiger partial charge in [-0.1, -0.05) is 0 Å². The van der Waals surface area contributed by atoms with Crippen LogP contribution >= 0.6 is 0 Å². The van der Waals surface area contributed by atoms with E-state index in [0.29, 0.717) is 23.3 Å². The molecule has 0 radical (unpaired) electrons. The molecule has 0 aliphatic rings. The molecule has 0 atom stereocenters. The summed E-state index contributed by atoms with van der Waals surface area (Å²) in [4.78, 5) is 28.7. The van der Waals surface area contributed by atoms with Gasteiger partial charge in [-0.3, -0.25) is 9.78 Å². The number of anilines is 1. The Morgan fingerprint density at radius 1 is 1.07 bits per heavy atom. The average Bonchev–Trinajstić information content (AvgIpc) is 3.05. The van der Waals surface area contributed by atoms with Crippen molar-refractivity contribution in [3.05, 3.63) is 69.5 Å². The summed E-state index contributed by atoms with van der Waals surface area (Å²) in [5, 5.41) is 4.68. The zero-order chi connectivity index (χ0) is 19.8. The second-order valence-corrected chi connectivity index (χ2v) is 6.95. The minimum Gasteiger partial charge on any atom is -0.464 e. The molecule has 0 aliphatic carbocycles. The van der Waals surface area contributed by atoms with Gasteiger partial charge in [0.25, 0.3) is 0 Å². The average molecular weight is 376 g/mol. The van der Waals surface area contributed by atoms with Crippen molar-refractivity contribution in [2.75, 3.05) is 5.32 Å². The van der Waals surface area contributed by atoms with Gasteiger partial charge in [-0.05, 0) is 56.5 Å². The quantitative estimate of drug-likeness (QED) is 0.533. The monoisotopic (exact) mass is 376 g/mol. The fourth-order valence-electron chi connectivity index (χ4n) is 3.50. The minimum absolute atomic E-state index is 0.164. The van der Waals surface area contributed by atoms with Gasteiger partial charge in [0.2, 0.25) is 5.91 Å². The fraction of sp³-hybridized carbons (Fsp3) is 0.227. The van der Waals surface area contributed by atoms with Crippen LogP contribution in [0, 0.1) is 20.8 Å². The van der Waals surface area contributed by atoms with Crippen LogP contribution in [0.3, 0.4) is 0 Å². The molecule has 3 heterocycles. The van der Waals surface area contributed by atoms with E-state index in [0.717, 1.165) is 33.0 Å². The molecule has 4 rings (SSSR count). The van der Waals surface area contributed by atoms with E-state index in [9.17, 15) is 9.59 Å². The molecule has 0 unspecified atom stereocenters. The van der Waals surface area contributed by atoms with Crippen LogP contribution in [-0.4, -0.2) is 10.9 Å². The van der Waals surface area contributed by atoms with E-state index in [1.54, 1.807) is 30.8 Å². The molecule has 0 saturated carbocycles. The molecular formula is C22H20N2O4. The van der Waals surface area contributed by atoms with Crippen molar-refractivity contribution < 1.29 is 13.6 Å². The van der Waals surface area contributed by atoms with Gasteiger partial charge in [-0.2, -0.15) is 0 Å². The molecule has 1 amide bonds. The summed E-state index contributed by atoms with van der Waals surface area (Å²) in [7, 11) is 0. The van der Waals surface area contributed by atoms with Gasteiger partial charge in [-0.25, -0.2) is 4.79 Å². The molecule has 1 aromatic carbocycles. The summed E-state index contributed by atoms with van der Waals surface area (Å²) in [5.41, 5.74) is 4.74. The first-order chi connectivity index (χ1) is 13.5. The van der Waals surface area contributed by atoms with E-state index in [1.807, 2.05) is 26.8 Å². The highest BCUT2D eigenvalue weighted by molar-refractivity contribution is 5.99. The number of furan rings is 1. The van der Waals surface area contributed by atoms with E-state index in [2.05, 4.69) is 10.3 Å². The Hall–Kier alpha value is -3.41. The van der Waals surface area contributed by atoms with Crippen LogP contribution in [0.15, 0.2) is 50.5 Å². The zero-order valence-corrected chi connectivity index (χ0v) is 16.0. The number of hydrogen-bond acceptors (Lipinski definition) is 5. The maximum absolute atomic E-state index is 12.6. The maximum atomic E-state index is 12.6. The number of hydrogen-bond donors (Lipinski definition) is 1. The lowest BCUT2D eigenvalue weighted by atomic mass is 9.98.